The summed E-state index contributed by atoms with van der Waals surface area (Å²) in [7, 11) is -4.09. The maximum atomic E-state index is 13.8. The molecule has 6 rings (SSSR count). The van der Waals surface area contributed by atoms with Crippen molar-refractivity contribution >= 4 is 50.0 Å². The molecule has 19 heteroatoms. The van der Waals surface area contributed by atoms with Crippen molar-refractivity contribution in [3.63, 3.8) is 0 Å². The van der Waals surface area contributed by atoms with E-state index in [1.165, 1.54) is 32.9 Å². The first-order valence-corrected chi connectivity index (χ1v) is 16.0. The van der Waals surface area contributed by atoms with Crippen LogP contribution in [0.25, 0.3) is 10.8 Å². The highest BCUT2D eigenvalue weighted by molar-refractivity contribution is 7.87. The number of thiazole rings is 1. The number of nitrogens with two attached hydrogens (primary N) is 1. The average Bonchev–Trinajstić information content (AvgIpc) is 3.78. The van der Waals surface area contributed by atoms with Gasteiger partial charge in [0.2, 0.25) is 5.91 Å². The number of H-pyrrole nitrogens is 1. The Morgan fingerprint density at radius 1 is 1.25 bits per heavy atom. The Bertz CT molecular complexity index is 1830. The van der Waals surface area contributed by atoms with Crippen molar-refractivity contribution in [2.75, 3.05) is 19.6 Å². The lowest BCUT2D eigenvalue weighted by Crippen LogP contribution is -2.58. The van der Waals surface area contributed by atoms with Crippen molar-refractivity contribution in [2.24, 2.45) is 10.9 Å². The summed E-state index contributed by atoms with van der Waals surface area (Å²) < 4.78 is 30.0. The zero-order chi connectivity index (χ0) is 31.0. The number of carbonyl (C=O) groups excluding carboxylic acids is 2. The van der Waals surface area contributed by atoms with Crippen LogP contribution in [0.1, 0.15) is 45.1 Å². The van der Waals surface area contributed by atoms with Crippen molar-refractivity contribution in [1.29, 1.82) is 0 Å². The van der Waals surface area contributed by atoms with Crippen LogP contribution in [0.4, 0.5) is 0 Å². The average molecular weight is 643 g/mol. The third-order valence-corrected chi connectivity index (χ3v) is 10.5. The van der Waals surface area contributed by atoms with Gasteiger partial charge in [0.1, 0.15) is 0 Å². The van der Waals surface area contributed by atoms with E-state index in [1.807, 2.05) is 0 Å². The first kappa shape index (κ1) is 29.6. The zero-order valence-corrected chi connectivity index (χ0v) is 25.2. The van der Waals surface area contributed by atoms with Crippen LogP contribution in [-0.2, 0) is 34.5 Å². The number of carbonyl (C=O) groups is 2. The molecule has 44 heavy (non-hydrogen) atoms. The summed E-state index contributed by atoms with van der Waals surface area (Å²) >= 11 is 1.32. The normalized spacial score (nSPS) is 19.7. The largest absolute Gasteiger partial charge is 0.409 e. The lowest BCUT2D eigenvalue weighted by Gasteiger charge is -2.40. The molecule has 1 aromatic carbocycles. The number of hydrogen-bond acceptors (Lipinski definition) is 12. The van der Waals surface area contributed by atoms with Crippen LogP contribution in [0.5, 0.6) is 0 Å². The highest BCUT2D eigenvalue weighted by atomic mass is 32.2. The Hall–Kier alpha value is -4.46. The number of aromatic amines is 1. The van der Waals surface area contributed by atoms with E-state index in [-0.39, 0.29) is 56.2 Å². The van der Waals surface area contributed by atoms with Crippen LogP contribution in [0, 0.1) is 0 Å². The van der Waals surface area contributed by atoms with Crippen molar-refractivity contribution < 1.29 is 23.2 Å². The van der Waals surface area contributed by atoms with E-state index in [0.717, 1.165) is 14.5 Å². The molecule has 0 saturated carbocycles. The summed E-state index contributed by atoms with van der Waals surface area (Å²) in [6.07, 6.45) is 3.47. The topological polar surface area (TPSA) is 230 Å². The van der Waals surface area contributed by atoms with E-state index in [2.05, 4.69) is 48.3 Å². The van der Waals surface area contributed by atoms with Gasteiger partial charge in [0.25, 0.3) is 5.91 Å². The molecule has 2 amide bonds. The van der Waals surface area contributed by atoms with Crippen LogP contribution in [0.2, 0.25) is 0 Å². The van der Waals surface area contributed by atoms with Crippen LogP contribution in [0.3, 0.4) is 0 Å². The van der Waals surface area contributed by atoms with E-state index in [9.17, 15) is 18.0 Å². The third kappa shape index (κ3) is 5.85. The standard InChI is InChI=1S/C25H30N12O5S2/c1-14-6-19-20(9-27-14)43-24(29-19)25(39)37-5-4-35(13-18(37)8-22(38)28-10-21-30-33-34-31-21)44(41,42)36-11-16-3-2-15(23(26)32-40)7-17(16)12-36/h2-3,7,11-12,14,18,27,40H,4-6,8-10,13H2,1H3,(H2,26,32)(H,28,38)(H,30,31,33,34). The summed E-state index contributed by atoms with van der Waals surface area (Å²) in [5, 5.41) is 33.0. The van der Waals surface area contributed by atoms with Gasteiger partial charge >= 0.3 is 10.2 Å². The molecule has 2 unspecified atom stereocenters. The van der Waals surface area contributed by atoms with Crippen molar-refractivity contribution in [2.45, 2.75) is 44.9 Å². The van der Waals surface area contributed by atoms with Gasteiger partial charge in [-0.05, 0) is 13.0 Å². The first-order chi connectivity index (χ1) is 21.1. The number of fused-ring (bicyclic) bond motifs is 2. The number of tetrazole rings is 1. The minimum absolute atomic E-state index is 0.0165. The van der Waals surface area contributed by atoms with Crippen LogP contribution in [0.15, 0.2) is 35.7 Å². The molecule has 232 valence electrons. The molecule has 5 heterocycles. The Morgan fingerprint density at radius 3 is 2.84 bits per heavy atom. The molecule has 0 bridgehead atoms. The fraction of sp³-hybridized carbons (Fsp3) is 0.400. The van der Waals surface area contributed by atoms with Crippen LogP contribution < -0.4 is 16.4 Å². The van der Waals surface area contributed by atoms with E-state index in [4.69, 9.17) is 10.9 Å². The Balaban J connectivity index is 1.25. The lowest BCUT2D eigenvalue weighted by atomic mass is 10.1. The number of aromatic nitrogens is 6. The number of nitrogens with zero attached hydrogens (tertiary/aromatic N) is 8. The van der Waals surface area contributed by atoms with Gasteiger partial charge < -0.3 is 26.5 Å². The fourth-order valence-corrected chi connectivity index (χ4v) is 7.75. The smallest absolute Gasteiger partial charge is 0.307 e. The first-order valence-electron chi connectivity index (χ1n) is 13.7. The molecule has 1 saturated heterocycles. The van der Waals surface area contributed by atoms with Crippen molar-refractivity contribution in [3.8, 4) is 0 Å². The highest BCUT2D eigenvalue weighted by Gasteiger charge is 2.39. The quantitative estimate of drug-likeness (QED) is 0.0703. The van der Waals surface area contributed by atoms with Gasteiger partial charge in [-0.25, -0.2) is 8.96 Å². The van der Waals surface area contributed by atoms with Crippen molar-refractivity contribution in [1.82, 2.24) is 49.4 Å². The maximum absolute atomic E-state index is 13.8. The summed E-state index contributed by atoms with van der Waals surface area (Å²) in [4.78, 5) is 33.9. The Kier molecular flexibility index (Phi) is 8.01. The van der Waals surface area contributed by atoms with Crippen LogP contribution >= 0.6 is 11.3 Å². The molecule has 6 N–H and O–H groups in total. The fourth-order valence-electron chi connectivity index (χ4n) is 5.32. The summed E-state index contributed by atoms with van der Waals surface area (Å²) in [5.41, 5.74) is 7.01. The number of nitrogens with one attached hydrogen (secondary N) is 3. The van der Waals surface area contributed by atoms with Gasteiger partial charge in [0.05, 0.1) is 18.3 Å². The predicted octanol–water partition coefficient (Wildman–Crippen LogP) is -0.634. The third-order valence-electron chi connectivity index (χ3n) is 7.65. The minimum atomic E-state index is -4.09. The number of rotatable bonds is 8. The Labute approximate surface area is 255 Å². The molecule has 2 aliphatic rings. The second-order valence-electron chi connectivity index (χ2n) is 10.6. The molecule has 4 aromatic rings. The molecule has 1 fully saturated rings. The maximum Gasteiger partial charge on any atom is 0.307 e. The number of amidine groups is 1. The van der Waals surface area contributed by atoms with Gasteiger partial charge in [-0.1, -0.05) is 22.5 Å². The predicted molar refractivity (Wildman–Crippen MR) is 158 cm³/mol. The van der Waals surface area contributed by atoms with E-state index >= 15 is 0 Å². The number of benzene rings is 1. The molecule has 0 radical (unpaired) electrons. The molecule has 0 aliphatic carbocycles. The number of piperazine rings is 1. The summed E-state index contributed by atoms with van der Waals surface area (Å²) in [6, 6.07) is 4.38. The SMILES string of the molecule is CC1Cc2nc(C(=O)N3CCN(S(=O)(=O)n4cc5ccc(/C(N)=N/O)cc5c4)CC3CC(=O)NCc3nn[nH]n3)sc2CN1. The number of hydrogen-bond donors (Lipinski definition) is 5. The molecule has 2 aliphatic heterocycles. The zero-order valence-electron chi connectivity index (χ0n) is 23.5. The van der Waals surface area contributed by atoms with Gasteiger partial charge in [0.15, 0.2) is 16.7 Å². The Morgan fingerprint density at radius 2 is 2.07 bits per heavy atom. The number of amides is 2. The van der Waals surface area contributed by atoms with Gasteiger partial charge in [-0.15, -0.1) is 21.5 Å². The second kappa shape index (κ2) is 11.9. The molecule has 2 atom stereocenters. The van der Waals surface area contributed by atoms with Crippen molar-refractivity contribution in [3.05, 3.63) is 57.6 Å². The molecular formula is C25H30N12O5S2. The van der Waals surface area contributed by atoms with E-state index in [0.29, 0.717) is 34.3 Å². The van der Waals surface area contributed by atoms with Gasteiger partial charge in [-0.3, -0.25) is 9.59 Å². The van der Waals surface area contributed by atoms with E-state index < -0.39 is 22.2 Å². The minimum Gasteiger partial charge on any atom is -0.409 e. The van der Waals surface area contributed by atoms with Crippen LogP contribution in [-0.4, -0.2) is 102 Å². The monoisotopic (exact) mass is 642 g/mol. The van der Waals surface area contributed by atoms with E-state index in [1.54, 1.807) is 18.2 Å². The molecule has 17 nitrogen and oxygen atoms in total. The highest BCUT2D eigenvalue weighted by Crippen LogP contribution is 2.27. The lowest BCUT2D eigenvalue weighted by molar-refractivity contribution is -0.122. The molecular weight excluding hydrogens is 612 g/mol. The summed E-state index contributed by atoms with van der Waals surface area (Å²) in [6.45, 7) is 2.67. The second-order valence-corrected chi connectivity index (χ2v) is 13.5. The molecule has 0 spiro atoms. The number of oxime groups is 1. The van der Waals surface area contributed by atoms with Gasteiger partial charge in [-0.2, -0.15) is 17.9 Å². The summed E-state index contributed by atoms with van der Waals surface area (Å²) in [5.74, 6) is -0.566. The molecule has 3 aromatic heterocycles. The van der Waals surface area contributed by atoms with Gasteiger partial charge in [0, 0.05) is 78.7 Å².